The molecule has 1 aliphatic carbocycles. The normalized spacial score (nSPS) is 34.9. The van der Waals surface area contributed by atoms with E-state index in [9.17, 15) is 24.6 Å². The number of likely N-dealkylation sites (tertiary alicyclic amines) is 1. The van der Waals surface area contributed by atoms with Crippen LogP contribution >= 0.6 is 0 Å². The van der Waals surface area contributed by atoms with E-state index in [0.717, 1.165) is 25.7 Å². The highest BCUT2D eigenvalue weighted by atomic mass is 16.6. The lowest BCUT2D eigenvalue weighted by Crippen LogP contribution is -2.61. The third kappa shape index (κ3) is 7.44. The topological polar surface area (TPSA) is 123 Å². The third-order valence-electron chi connectivity index (χ3n) is 9.53. The standard InChI is InChI=1S/C31H53NO8/c1-18(2)25-14-11-21(6)31(37,40-25)28(34)29(35)32-15-9-8-10-23(32)30(36)39-27(19(3)4)20(5)16-22-12-13-24(33)26(17-22)38-7/h18-27,33,37H,8-17H2,1-7H3/t20-,21-,22+,23+,24-,25?,26-,27+,31-/m1/s1. The van der Waals surface area contributed by atoms with Crippen molar-refractivity contribution < 1.29 is 38.8 Å². The van der Waals surface area contributed by atoms with Gasteiger partial charge < -0.3 is 29.3 Å². The second-order valence-corrected chi connectivity index (χ2v) is 13.3. The van der Waals surface area contributed by atoms with Crippen LogP contribution in [0.25, 0.3) is 0 Å². The lowest BCUT2D eigenvalue weighted by Gasteiger charge is -2.43. The molecule has 0 spiro atoms. The predicted octanol–water partition coefficient (Wildman–Crippen LogP) is 3.87. The molecule has 9 nitrogen and oxygen atoms in total. The molecular formula is C31H53NO8. The first-order valence-corrected chi connectivity index (χ1v) is 15.5. The van der Waals surface area contributed by atoms with Crippen molar-refractivity contribution in [3.8, 4) is 0 Å². The summed E-state index contributed by atoms with van der Waals surface area (Å²) in [6.07, 6.45) is 5.04. The van der Waals surface area contributed by atoms with Gasteiger partial charge in [0.25, 0.3) is 11.7 Å². The molecule has 1 saturated carbocycles. The molecule has 2 N–H and O–H groups in total. The van der Waals surface area contributed by atoms with Gasteiger partial charge in [0.15, 0.2) is 0 Å². The zero-order chi connectivity index (χ0) is 29.8. The van der Waals surface area contributed by atoms with Crippen LogP contribution in [0, 0.1) is 29.6 Å². The number of nitrogens with zero attached hydrogens (tertiary/aromatic N) is 1. The van der Waals surface area contributed by atoms with Gasteiger partial charge in [-0.1, -0.05) is 41.5 Å². The van der Waals surface area contributed by atoms with E-state index in [0.29, 0.717) is 38.0 Å². The largest absolute Gasteiger partial charge is 0.460 e. The molecule has 230 valence electrons. The summed E-state index contributed by atoms with van der Waals surface area (Å²) < 4.78 is 17.4. The van der Waals surface area contributed by atoms with Gasteiger partial charge in [0.05, 0.1) is 18.3 Å². The molecule has 1 amide bonds. The number of ketones is 1. The Balaban J connectivity index is 1.70. The molecule has 40 heavy (non-hydrogen) atoms. The molecule has 0 bridgehead atoms. The summed E-state index contributed by atoms with van der Waals surface area (Å²) in [6.45, 7) is 12.0. The summed E-state index contributed by atoms with van der Waals surface area (Å²) in [5.41, 5.74) is 0. The van der Waals surface area contributed by atoms with Crippen molar-refractivity contribution in [3.05, 3.63) is 0 Å². The first-order chi connectivity index (χ1) is 18.8. The van der Waals surface area contributed by atoms with Crippen molar-refractivity contribution in [3.63, 3.8) is 0 Å². The monoisotopic (exact) mass is 567 g/mol. The highest BCUT2D eigenvalue weighted by Crippen LogP contribution is 2.37. The number of ether oxygens (including phenoxy) is 3. The smallest absolute Gasteiger partial charge is 0.329 e. The number of carbonyl (C=O) groups excluding carboxylic acids is 3. The zero-order valence-electron chi connectivity index (χ0n) is 25.6. The number of carbonyl (C=O) groups is 3. The zero-order valence-corrected chi connectivity index (χ0v) is 25.6. The molecule has 2 saturated heterocycles. The van der Waals surface area contributed by atoms with Crippen molar-refractivity contribution in [2.24, 2.45) is 29.6 Å². The van der Waals surface area contributed by atoms with Gasteiger partial charge in [-0.3, -0.25) is 9.59 Å². The van der Waals surface area contributed by atoms with Crippen LogP contribution in [0.2, 0.25) is 0 Å². The number of piperidine rings is 1. The Hall–Kier alpha value is -1.55. The van der Waals surface area contributed by atoms with Gasteiger partial charge in [-0.15, -0.1) is 0 Å². The molecule has 3 aliphatic rings. The Labute approximate surface area is 240 Å². The molecule has 0 radical (unpaired) electrons. The van der Waals surface area contributed by atoms with Crippen molar-refractivity contribution in [2.75, 3.05) is 13.7 Å². The number of hydrogen-bond donors (Lipinski definition) is 2. The van der Waals surface area contributed by atoms with Crippen molar-refractivity contribution in [1.29, 1.82) is 0 Å². The number of aliphatic hydroxyl groups excluding tert-OH is 1. The number of esters is 1. The molecule has 3 fully saturated rings. The number of rotatable bonds is 10. The van der Waals surface area contributed by atoms with E-state index >= 15 is 0 Å². The Morgan fingerprint density at radius 2 is 1.73 bits per heavy atom. The van der Waals surface area contributed by atoms with Crippen LogP contribution in [-0.2, 0) is 28.6 Å². The fraction of sp³-hybridized carbons (Fsp3) is 0.903. The highest BCUT2D eigenvalue weighted by molar-refractivity contribution is 6.39. The summed E-state index contributed by atoms with van der Waals surface area (Å²) in [4.78, 5) is 41.9. The average Bonchev–Trinajstić information content (AvgIpc) is 2.92. The number of hydrogen-bond acceptors (Lipinski definition) is 8. The van der Waals surface area contributed by atoms with Gasteiger partial charge in [0.2, 0.25) is 5.79 Å². The third-order valence-corrected chi connectivity index (χ3v) is 9.53. The lowest BCUT2D eigenvalue weighted by atomic mass is 9.78. The highest BCUT2D eigenvalue weighted by Gasteiger charge is 2.53. The molecule has 0 aromatic heterocycles. The van der Waals surface area contributed by atoms with E-state index in [1.165, 1.54) is 4.90 Å². The van der Waals surface area contributed by atoms with Crippen LogP contribution in [0.3, 0.4) is 0 Å². The van der Waals surface area contributed by atoms with Gasteiger partial charge >= 0.3 is 5.97 Å². The van der Waals surface area contributed by atoms with Crippen molar-refractivity contribution >= 4 is 17.7 Å². The second kappa shape index (κ2) is 14.1. The summed E-state index contributed by atoms with van der Waals surface area (Å²) in [7, 11) is 1.63. The Morgan fingerprint density at radius 3 is 2.35 bits per heavy atom. The second-order valence-electron chi connectivity index (χ2n) is 13.3. The maximum Gasteiger partial charge on any atom is 0.329 e. The molecule has 0 aromatic carbocycles. The van der Waals surface area contributed by atoms with Crippen LogP contribution < -0.4 is 0 Å². The maximum atomic E-state index is 13.6. The lowest BCUT2D eigenvalue weighted by molar-refractivity contribution is -0.269. The SMILES string of the molecule is CO[C@@H]1C[C@H](C[C@@H](C)[C@@H](OC(=O)[C@@H]2CCCCN2C(=O)C(=O)[C@]2(O)OC(C(C)C)CC[C@H]2C)C(C)C)CC[C@H]1O. The summed E-state index contributed by atoms with van der Waals surface area (Å²) >= 11 is 0. The van der Waals surface area contributed by atoms with Gasteiger partial charge in [0.1, 0.15) is 12.1 Å². The first-order valence-electron chi connectivity index (χ1n) is 15.5. The van der Waals surface area contributed by atoms with Crippen LogP contribution in [-0.4, -0.2) is 82.7 Å². The fourth-order valence-electron chi connectivity index (χ4n) is 6.91. The molecule has 0 aromatic rings. The number of aliphatic hydroxyl groups is 2. The summed E-state index contributed by atoms with van der Waals surface area (Å²) in [6, 6.07) is -0.871. The number of amides is 1. The first kappa shape index (κ1) is 33.0. The van der Waals surface area contributed by atoms with Crippen molar-refractivity contribution in [1.82, 2.24) is 4.90 Å². The van der Waals surface area contributed by atoms with E-state index in [-0.39, 0.29) is 42.6 Å². The Bertz CT molecular complexity index is 877. The molecule has 1 unspecified atom stereocenters. The fourth-order valence-corrected chi connectivity index (χ4v) is 6.91. The molecule has 9 heteroatoms. The minimum Gasteiger partial charge on any atom is -0.460 e. The molecular weight excluding hydrogens is 514 g/mol. The van der Waals surface area contributed by atoms with Gasteiger partial charge in [-0.05, 0) is 81.5 Å². The average molecular weight is 568 g/mol. The van der Waals surface area contributed by atoms with Crippen LogP contribution in [0.15, 0.2) is 0 Å². The number of Topliss-reactive ketones (excluding diaryl/α,β-unsaturated/α-hetero) is 1. The Morgan fingerprint density at radius 1 is 1.02 bits per heavy atom. The molecule has 2 aliphatic heterocycles. The predicted molar refractivity (Wildman–Crippen MR) is 150 cm³/mol. The molecule has 2 heterocycles. The van der Waals surface area contributed by atoms with Crippen LogP contribution in [0.4, 0.5) is 0 Å². The summed E-state index contributed by atoms with van der Waals surface area (Å²) in [5.74, 6) is -4.50. The Kier molecular flexibility index (Phi) is 11.6. The van der Waals surface area contributed by atoms with Gasteiger partial charge in [-0.2, -0.15) is 0 Å². The van der Waals surface area contributed by atoms with E-state index < -0.39 is 41.5 Å². The van der Waals surface area contributed by atoms with Crippen molar-refractivity contribution in [2.45, 2.75) is 136 Å². The van der Waals surface area contributed by atoms with E-state index in [4.69, 9.17) is 14.2 Å². The van der Waals surface area contributed by atoms with Gasteiger partial charge in [-0.25, -0.2) is 4.79 Å². The van der Waals surface area contributed by atoms with E-state index in [1.54, 1.807) is 14.0 Å². The number of methoxy groups -OCH3 is 1. The summed E-state index contributed by atoms with van der Waals surface area (Å²) in [5, 5.41) is 21.5. The maximum absolute atomic E-state index is 13.6. The van der Waals surface area contributed by atoms with E-state index in [2.05, 4.69) is 6.92 Å². The molecule has 9 atom stereocenters. The minimum atomic E-state index is -2.20. The quantitative estimate of drug-likeness (QED) is 0.301. The molecule has 3 rings (SSSR count). The van der Waals surface area contributed by atoms with Crippen LogP contribution in [0.5, 0.6) is 0 Å². The minimum absolute atomic E-state index is 0.0610. The van der Waals surface area contributed by atoms with Gasteiger partial charge in [0, 0.05) is 19.6 Å². The van der Waals surface area contributed by atoms with Crippen LogP contribution in [0.1, 0.15) is 99.3 Å². The van der Waals surface area contributed by atoms with E-state index in [1.807, 2.05) is 27.7 Å².